The van der Waals surface area contributed by atoms with Gasteiger partial charge >= 0.3 is 5.65 Å². The Hall–Kier alpha value is -1.44. The lowest BCUT2D eigenvalue weighted by Gasteiger charge is -1.98. The molecule has 0 saturated carbocycles. The summed E-state index contributed by atoms with van der Waals surface area (Å²) < 4.78 is 2.11. The van der Waals surface area contributed by atoms with Gasteiger partial charge in [-0.05, 0) is 31.0 Å². The van der Waals surface area contributed by atoms with Gasteiger partial charge in [-0.25, -0.2) is 4.40 Å². The maximum absolute atomic E-state index is 4.50. The van der Waals surface area contributed by atoms with E-state index in [2.05, 4.69) is 35.4 Å². The van der Waals surface area contributed by atoms with E-state index in [-0.39, 0.29) is 0 Å². The summed E-state index contributed by atoms with van der Waals surface area (Å²) in [4.78, 5) is 4.50. The molecule has 0 amide bonds. The molecule has 0 atom stereocenters. The number of fused-ring (bicyclic) bond motifs is 1. The minimum absolute atomic E-state index is 1.06. The van der Waals surface area contributed by atoms with Gasteiger partial charge in [-0.2, -0.15) is 0 Å². The van der Waals surface area contributed by atoms with Gasteiger partial charge in [0, 0.05) is 18.6 Å². The molecule has 2 aromatic heterocycles. The molecule has 66 valence electrons. The topological polar surface area (TPSA) is 17.0 Å². The van der Waals surface area contributed by atoms with Crippen LogP contribution in [0.15, 0.2) is 24.4 Å². The van der Waals surface area contributed by atoms with E-state index in [1.54, 1.807) is 0 Å². The highest BCUT2D eigenvalue weighted by atomic mass is 15.0. The lowest BCUT2D eigenvalue weighted by Crippen LogP contribution is -2.27. The van der Waals surface area contributed by atoms with Gasteiger partial charge in [0.1, 0.15) is 5.69 Å². The van der Waals surface area contributed by atoms with Gasteiger partial charge in [0.2, 0.25) is 0 Å². The van der Waals surface area contributed by atoms with Crippen LogP contribution >= 0.6 is 0 Å². The van der Waals surface area contributed by atoms with Crippen LogP contribution in [0.5, 0.6) is 0 Å². The summed E-state index contributed by atoms with van der Waals surface area (Å²) in [6, 6.07) is 6.22. The second-order valence-corrected chi connectivity index (χ2v) is 3.42. The van der Waals surface area contributed by atoms with E-state index in [0.29, 0.717) is 0 Å². The first-order valence-electron chi connectivity index (χ1n) is 4.44. The maximum atomic E-state index is 4.50. The second kappa shape index (κ2) is 2.80. The van der Waals surface area contributed by atoms with Crippen LogP contribution in [0.1, 0.15) is 17.0 Å². The third-order valence-corrected chi connectivity index (χ3v) is 2.24. The molecular weight excluding hydrogens is 160 g/mol. The molecule has 2 heterocycles. The van der Waals surface area contributed by atoms with E-state index in [9.17, 15) is 0 Å². The van der Waals surface area contributed by atoms with Crippen molar-refractivity contribution in [3.05, 3.63) is 41.3 Å². The summed E-state index contributed by atoms with van der Waals surface area (Å²) in [5.74, 6) is 0. The smallest absolute Gasteiger partial charge is 0.200 e. The molecular formula is C11H13N2+. The molecule has 0 bridgehead atoms. The Bertz CT molecular complexity index is 461. The molecule has 2 aromatic rings. The van der Waals surface area contributed by atoms with Crippen LogP contribution in [-0.2, 0) is 0 Å². The first kappa shape index (κ1) is 8.17. The minimum Gasteiger partial charge on any atom is -0.200 e. The van der Waals surface area contributed by atoms with E-state index in [0.717, 1.165) is 11.3 Å². The summed E-state index contributed by atoms with van der Waals surface area (Å²) in [6.45, 7) is 6.21. The van der Waals surface area contributed by atoms with Gasteiger partial charge < -0.3 is 0 Å². The van der Waals surface area contributed by atoms with Crippen LogP contribution in [0.3, 0.4) is 0 Å². The largest absolute Gasteiger partial charge is 0.330 e. The fourth-order valence-electron chi connectivity index (χ4n) is 1.61. The van der Waals surface area contributed by atoms with Crippen molar-refractivity contribution in [2.75, 3.05) is 0 Å². The second-order valence-electron chi connectivity index (χ2n) is 3.42. The molecule has 0 saturated heterocycles. The lowest BCUT2D eigenvalue weighted by atomic mass is 10.2. The Balaban J connectivity index is 2.94. The van der Waals surface area contributed by atoms with Crippen molar-refractivity contribution in [1.82, 2.24) is 4.98 Å². The first-order chi connectivity index (χ1) is 6.18. The highest BCUT2D eigenvalue weighted by Crippen LogP contribution is 2.04. The van der Waals surface area contributed by atoms with E-state index in [1.165, 1.54) is 11.3 Å². The zero-order chi connectivity index (χ0) is 9.42. The van der Waals surface area contributed by atoms with Crippen LogP contribution in [-0.4, -0.2) is 4.98 Å². The summed E-state index contributed by atoms with van der Waals surface area (Å²) in [7, 11) is 0. The van der Waals surface area contributed by atoms with Crippen molar-refractivity contribution in [2.24, 2.45) is 0 Å². The average molecular weight is 173 g/mol. The standard InChI is InChI=1S/C11H13N2/c1-8-5-4-6-13-10(3)7-9(2)12-11(8)13/h4-7H,1-3H3/q+1. The van der Waals surface area contributed by atoms with Crippen molar-refractivity contribution >= 4 is 5.65 Å². The molecule has 0 unspecified atom stereocenters. The highest BCUT2D eigenvalue weighted by molar-refractivity contribution is 5.39. The molecule has 2 heteroatoms. The predicted molar refractivity (Wildman–Crippen MR) is 51.6 cm³/mol. The van der Waals surface area contributed by atoms with Crippen molar-refractivity contribution < 1.29 is 4.40 Å². The summed E-state index contributed by atoms with van der Waals surface area (Å²) in [5, 5.41) is 0. The van der Waals surface area contributed by atoms with Crippen molar-refractivity contribution in [3.63, 3.8) is 0 Å². The highest BCUT2D eigenvalue weighted by Gasteiger charge is 2.09. The van der Waals surface area contributed by atoms with Crippen molar-refractivity contribution in [3.8, 4) is 0 Å². The number of pyridine rings is 1. The Labute approximate surface area is 77.9 Å². The third-order valence-electron chi connectivity index (χ3n) is 2.24. The molecule has 2 rings (SSSR count). The van der Waals surface area contributed by atoms with E-state index < -0.39 is 0 Å². The molecule has 0 N–H and O–H groups in total. The van der Waals surface area contributed by atoms with E-state index in [1.807, 2.05) is 19.2 Å². The zero-order valence-corrected chi connectivity index (χ0v) is 8.20. The van der Waals surface area contributed by atoms with E-state index in [4.69, 9.17) is 0 Å². The van der Waals surface area contributed by atoms with Crippen LogP contribution in [0, 0.1) is 20.8 Å². The van der Waals surface area contributed by atoms with Gasteiger partial charge in [0.15, 0.2) is 5.69 Å². The molecule has 13 heavy (non-hydrogen) atoms. The molecule has 2 nitrogen and oxygen atoms in total. The monoisotopic (exact) mass is 173 g/mol. The molecule has 0 aliphatic carbocycles. The SMILES string of the molecule is Cc1cc(C)[n+]2cccc(C)c2n1. The third kappa shape index (κ3) is 1.28. The van der Waals surface area contributed by atoms with Gasteiger partial charge in [-0.1, -0.05) is 0 Å². The Morgan fingerprint density at radius 3 is 2.77 bits per heavy atom. The van der Waals surface area contributed by atoms with Gasteiger partial charge in [0.25, 0.3) is 0 Å². The Morgan fingerprint density at radius 1 is 1.23 bits per heavy atom. The van der Waals surface area contributed by atoms with Crippen molar-refractivity contribution in [1.29, 1.82) is 0 Å². The lowest BCUT2D eigenvalue weighted by molar-refractivity contribution is -0.522. The van der Waals surface area contributed by atoms with Crippen LogP contribution in [0.25, 0.3) is 5.65 Å². The zero-order valence-electron chi connectivity index (χ0n) is 8.20. The molecule has 0 aromatic carbocycles. The van der Waals surface area contributed by atoms with Crippen LogP contribution in [0.2, 0.25) is 0 Å². The summed E-state index contributed by atoms with van der Waals surface area (Å²) in [6.07, 6.45) is 2.05. The van der Waals surface area contributed by atoms with Gasteiger partial charge in [-0.3, -0.25) is 0 Å². The number of aromatic nitrogens is 2. The number of nitrogens with zero attached hydrogens (tertiary/aromatic N) is 2. The molecule has 0 aliphatic rings. The minimum atomic E-state index is 1.06. The maximum Gasteiger partial charge on any atom is 0.330 e. The first-order valence-corrected chi connectivity index (χ1v) is 4.44. The Kier molecular flexibility index (Phi) is 1.76. The fraction of sp³-hybridized carbons (Fsp3) is 0.273. The molecule has 0 radical (unpaired) electrons. The van der Waals surface area contributed by atoms with Gasteiger partial charge in [-0.15, -0.1) is 0 Å². The molecule has 0 fully saturated rings. The van der Waals surface area contributed by atoms with Crippen LogP contribution in [0.4, 0.5) is 0 Å². The van der Waals surface area contributed by atoms with Crippen LogP contribution < -0.4 is 4.40 Å². The number of hydrogen-bond donors (Lipinski definition) is 0. The molecule has 0 aliphatic heterocycles. The molecule has 0 spiro atoms. The predicted octanol–water partition coefficient (Wildman–Crippen LogP) is 1.75. The van der Waals surface area contributed by atoms with Gasteiger partial charge in [0.05, 0.1) is 6.20 Å². The number of rotatable bonds is 0. The summed E-state index contributed by atoms with van der Waals surface area (Å²) in [5.41, 5.74) is 4.58. The summed E-state index contributed by atoms with van der Waals surface area (Å²) >= 11 is 0. The number of aryl methyl sites for hydroxylation is 3. The number of hydrogen-bond acceptors (Lipinski definition) is 1. The fourth-order valence-corrected chi connectivity index (χ4v) is 1.61. The Morgan fingerprint density at radius 2 is 2.00 bits per heavy atom. The van der Waals surface area contributed by atoms with E-state index >= 15 is 0 Å². The normalized spacial score (nSPS) is 10.7. The quantitative estimate of drug-likeness (QED) is 0.555. The average Bonchev–Trinajstić information content (AvgIpc) is 2.07. The van der Waals surface area contributed by atoms with Crippen molar-refractivity contribution in [2.45, 2.75) is 20.8 Å².